The summed E-state index contributed by atoms with van der Waals surface area (Å²) >= 11 is 0. The summed E-state index contributed by atoms with van der Waals surface area (Å²) in [6, 6.07) is 4.46. The molecule has 0 spiro atoms. The van der Waals surface area contributed by atoms with Gasteiger partial charge in [-0.3, -0.25) is 19.3 Å². The molecule has 8 nitrogen and oxygen atoms in total. The Kier molecular flexibility index (Phi) is 7.16. The van der Waals surface area contributed by atoms with Crippen molar-refractivity contribution in [3.8, 4) is 0 Å². The number of amides is 3. The third-order valence-electron chi connectivity index (χ3n) is 5.42. The second-order valence-corrected chi connectivity index (χ2v) is 7.78. The van der Waals surface area contributed by atoms with Gasteiger partial charge in [0.15, 0.2) is 6.04 Å². The fraction of sp³-hybridized carbons (Fsp3) is 0.550. The molecule has 0 radical (unpaired) electrons. The maximum Gasteiger partial charge on any atom is 0.401 e. The Morgan fingerprint density at radius 3 is 2.45 bits per heavy atom. The number of carbonyl (C=O) groups is 3. The number of carbonyl (C=O) groups excluding carboxylic acids is 3. The maximum atomic E-state index is 13.1. The van der Waals surface area contributed by atoms with E-state index in [0.29, 0.717) is 18.8 Å². The van der Waals surface area contributed by atoms with Crippen LogP contribution in [0.4, 0.5) is 24.5 Å². The Bertz CT molecular complexity index is 812. The van der Waals surface area contributed by atoms with Crippen molar-refractivity contribution in [2.24, 2.45) is 11.7 Å². The minimum absolute atomic E-state index is 0.00217. The van der Waals surface area contributed by atoms with Gasteiger partial charge in [-0.2, -0.15) is 13.2 Å². The lowest BCUT2D eigenvalue weighted by atomic mass is 9.84. The van der Waals surface area contributed by atoms with Gasteiger partial charge in [0.05, 0.1) is 13.2 Å². The van der Waals surface area contributed by atoms with Gasteiger partial charge < -0.3 is 20.7 Å². The predicted molar refractivity (Wildman–Crippen MR) is 106 cm³/mol. The predicted octanol–water partition coefficient (Wildman–Crippen LogP) is 1.51. The van der Waals surface area contributed by atoms with E-state index in [4.69, 9.17) is 10.5 Å². The monoisotopic (exact) mass is 442 g/mol. The molecule has 1 saturated heterocycles. The van der Waals surface area contributed by atoms with Crippen molar-refractivity contribution < 1.29 is 32.3 Å². The van der Waals surface area contributed by atoms with Crippen LogP contribution in [-0.2, 0) is 19.1 Å². The van der Waals surface area contributed by atoms with Crippen LogP contribution >= 0.6 is 0 Å². The average Bonchev–Trinajstić information content (AvgIpc) is 2.64. The highest BCUT2D eigenvalue weighted by Crippen LogP contribution is 2.29. The first kappa shape index (κ1) is 23.0. The zero-order chi connectivity index (χ0) is 22.6. The Balaban J connectivity index is 1.71. The van der Waals surface area contributed by atoms with Crippen molar-refractivity contribution in [1.82, 2.24) is 4.90 Å². The highest BCUT2D eigenvalue weighted by molar-refractivity contribution is 6.09. The van der Waals surface area contributed by atoms with E-state index < -0.39 is 30.6 Å². The molecular formula is C20H25F3N4O4. The number of nitrogens with one attached hydrogen (secondary N) is 1. The molecule has 1 aliphatic carbocycles. The highest BCUT2D eigenvalue weighted by atomic mass is 19.4. The molecule has 1 heterocycles. The first-order chi connectivity index (χ1) is 14.6. The summed E-state index contributed by atoms with van der Waals surface area (Å²) in [7, 11) is 0. The van der Waals surface area contributed by atoms with Crippen LogP contribution in [0, 0.1) is 5.92 Å². The minimum Gasteiger partial charge on any atom is -0.370 e. The van der Waals surface area contributed by atoms with Crippen LogP contribution in [0.5, 0.6) is 0 Å². The number of anilines is 2. The fourth-order valence-corrected chi connectivity index (χ4v) is 3.70. The Labute approximate surface area is 177 Å². The summed E-state index contributed by atoms with van der Waals surface area (Å²) in [4.78, 5) is 38.9. The molecule has 2 fully saturated rings. The quantitative estimate of drug-likeness (QED) is 0.594. The maximum absolute atomic E-state index is 13.1. The van der Waals surface area contributed by atoms with Crippen LogP contribution in [0.2, 0.25) is 0 Å². The minimum atomic E-state index is -4.58. The molecular weight excluding hydrogens is 417 g/mol. The first-order valence-corrected chi connectivity index (χ1v) is 10.0. The van der Waals surface area contributed by atoms with Crippen molar-refractivity contribution in [2.75, 3.05) is 43.1 Å². The lowest BCUT2D eigenvalue weighted by molar-refractivity contribution is -0.159. The summed E-state index contributed by atoms with van der Waals surface area (Å²) in [5.41, 5.74) is 6.19. The van der Waals surface area contributed by atoms with E-state index in [1.54, 1.807) is 12.1 Å². The lowest BCUT2D eigenvalue weighted by Gasteiger charge is -2.35. The van der Waals surface area contributed by atoms with Crippen LogP contribution in [0.15, 0.2) is 24.3 Å². The SMILES string of the molecule is NC(=O)[C@@H](C(=O)Nc1ccc(N2CCOCC2=O)cc1)N(CC1CCC1)CC(F)(F)F. The summed E-state index contributed by atoms with van der Waals surface area (Å²) in [5, 5.41) is 2.46. The number of rotatable bonds is 8. The second kappa shape index (κ2) is 9.65. The van der Waals surface area contributed by atoms with Gasteiger partial charge in [0.1, 0.15) is 6.61 Å². The van der Waals surface area contributed by atoms with E-state index in [2.05, 4.69) is 5.32 Å². The molecule has 1 atom stereocenters. The average molecular weight is 442 g/mol. The number of nitrogens with two attached hydrogens (primary N) is 1. The van der Waals surface area contributed by atoms with Gasteiger partial charge in [0.2, 0.25) is 5.91 Å². The van der Waals surface area contributed by atoms with Crippen LogP contribution in [0.25, 0.3) is 0 Å². The zero-order valence-corrected chi connectivity index (χ0v) is 16.9. The van der Waals surface area contributed by atoms with Gasteiger partial charge in [-0.15, -0.1) is 0 Å². The smallest absolute Gasteiger partial charge is 0.370 e. The van der Waals surface area contributed by atoms with Gasteiger partial charge in [-0.05, 0) is 43.0 Å². The number of benzene rings is 1. The number of hydrogen-bond donors (Lipinski definition) is 2. The van der Waals surface area contributed by atoms with Crippen molar-refractivity contribution in [2.45, 2.75) is 31.5 Å². The van der Waals surface area contributed by atoms with E-state index >= 15 is 0 Å². The third-order valence-corrected chi connectivity index (χ3v) is 5.42. The van der Waals surface area contributed by atoms with Gasteiger partial charge in [-0.1, -0.05) is 6.42 Å². The number of ether oxygens (including phenoxy) is 1. The molecule has 2 aliphatic rings. The number of alkyl halides is 3. The summed E-state index contributed by atoms with van der Waals surface area (Å²) < 4.78 is 44.3. The summed E-state index contributed by atoms with van der Waals surface area (Å²) in [6.07, 6.45) is -2.16. The molecule has 0 unspecified atom stereocenters. The van der Waals surface area contributed by atoms with E-state index in [1.165, 1.54) is 17.0 Å². The molecule has 3 amide bonds. The Hall–Kier alpha value is -2.66. The summed E-state index contributed by atoms with van der Waals surface area (Å²) in [6.45, 7) is -0.654. The molecule has 1 aromatic rings. The van der Waals surface area contributed by atoms with Crippen LogP contribution in [0.1, 0.15) is 19.3 Å². The third kappa shape index (κ3) is 6.17. The van der Waals surface area contributed by atoms with Gasteiger partial charge in [0, 0.05) is 24.5 Å². The Morgan fingerprint density at radius 1 is 1.26 bits per heavy atom. The van der Waals surface area contributed by atoms with Crippen molar-refractivity contribution >= 4 is 29.1 Å². The van der Waals surface area contributed by atoms with Crippen LogP contribution in [-0.4, -0.2) is 67.7 Å². The largest absolute Gasteiger partial charge is 0.401 e. The molecule has 3 N–H and O–H groups in total. The fourth-order valence-electron chi connectivity index (χ4n) is 3.70. The van der Waals surface area contributed by atoms with E-state index in [0.717, 1.165) is 24.2 Å². The van der Waals surface area contributed by atoms with Crippen molar-refractivity contribution in [1.29, 1.82) is 0 Å². The number of morpholine rings is 1. The van der Waals surface area contributed by atoms with Gasteiger partial charge in [-0.25, -0.2) is 0 Å². The molecule has 1 saturated carbocycles. The van der Waals surface area contributed by atoms with Crippen LogP contribution < -0.4 is 16.0 Å². The normalized spacial score (nSPS) is 18.6. The van der Waals surface area contributed by atoms with Crippen LogP contribution in [0.3, 0.4) is 0 Å². The zero-order valence-electron chi connectivity index (χ0n) is 16.9. The lowest BCUT2D eigenvalue weighted by Crippen LogP contribution is -2.56. The standard InChI is InChI=1S/C20H25F3N4O4/c21-20(22,23)12-26(10-13-2-1-3-13)17(18(24)29)19(30)25-14-4-6-15(7-5-14)27-8-9-31-11-16(27)28/h4-7,13,17H,1-3,8-12H2,(H2,24,29)(H,25,30)/t17-/m0/s1. The second-order valence-electron chi connectivity index (χ2n) is 7.78. The molecule has 1 aromatic carbocycles. The van der Waals surface area contributed by atoms with Crippen molar-refractivity contribution in [3.63, 3.8) is 0 Å². The number of halogens is 3. The molecule has 0 bridgehead atoms. The van der Waals surface area contributed by atoms with Gasteiger partial charge >= 0.3 is 6.18 Å². The number of primary amides is 1. The highest BCUT2D eigenvalue weighted by Gasteiger charge is 2.40. The van der Waals surface area contributed by atoms with E-state index in [9.17, 15) is 27.6 Å². The van der Waals surface area contributed by atoms with Crippen molar-refractivity contribution in [3.05, 3.63) is 24.3 Å². The molecule has 3 rings (SSSR count). The number of hydrogen-bond acceptors (Lipinski definition) is 5. The van der Waals surface area contributed by atoms with E-state index in [-0.39, 0.29) is 30.7 Å². The number of nitrogens with zero attached hydrogens (tertiary/aromatic N) is 2. The molecule has 11 heteroatoms. The van der Waals surface area contributed by atoms with Gasteiger partial charge in [0.25, 0.3) is 11.8 Å². The molecule has 31 heavy (non-hydrogen) atoms. The Morgan fingerprint density at radius 2 is 1.94 bits per heavy atom. The molecule has 1 aliphatic heterocycles. The molecule has 0 aromatic heterocycles. The first-order valence-electron chi connectivity index (χ1n) is 10.0. The van der Waals surface area contributed by atoms with E-state index in [1.807, 2.05) is 0 Å². The molecule has 170 valence electrons. The topological polar surface area (TPSA) is 105 Å². The summed E-state index contributed by atoms with van der Waals surface area (Å²) in [5.74, 6) is -2.26.